The van der Waals surface area contributed by atoms with E-state index in [4.69, 9.17) is 9.47 Å². The van der Waals surface area contributed by atoms with Crippen LogP contribution in [0, 0.1) is 0 Å². The Morgan fingerprint density at radius 1 is 1.19 bits per heavy atom. The van der Waals surface area contributed by atoms with Crippen molar-refractivity contribution in [2.24, 2.45) is 0 Å². The van der Waals surface area contributed by atoms with Crippen LogP contribution in [-0.4, -0.2) is 29.5 Å². The molecule has 5 heteroatoms. The Morgan fingerprint density at radius 3 is 2.81 bits per heavy atom. The van der Waals surface area contributed by atoms with Crippen molar-refractivity contribution in [2.75, 3.05) is 19.8 Å². The zero-order valence-electron chi connectivity index (χ0n) is 12.7. The van der Waals surface area contributed by atoms with Gasteiger partial charge in [-0.1, -0.05) is 13.0 Å². The van der Waals surface area contributed by atoms with Gasteiger partial charge >= 0.3 is 0 Å². The van der Waals surface area contributed by atoms with E-state index in [0.29, 0.717) is 13.2 Å². The summed E-state index contributed by atoms with van der Waals surface area (Å²) >= 11 is 0. The largest absolute Gasteiger partial charge is 0.490 e. The van der Waals surface area contributed by atoms with Crippen LogP contribution in [0.25, 0.3) is 0 Å². The summed E-state index contributed by atoms with van der Waals surface area (Å²) in [5.74, 6) is 1.58. The molecule has 0 fully saturated rings. The molecule has 0 radical (unpaired) electrons. The van der Waals surface area contributed by atoms with E-state index >= 15 is 0 Å². The van der Waals surface area contributed by atoms with Gasteiger partial charge in [-0.05, 0) is 37.2 Å². The molecule has 5 nitrogen and oxygen atoms in total. The van der Waals surface area contributed by atoms with E-state index in [1.807, 2.05) is 36.0 Å². The van der Waals surface area contributed by atoms with Gasteiger partial charge < -0.3 is 14.8 Å². The standard InChI is InChI=1S/C16H23N3O2/c1-3-17-13-14-6-7-15(16(12-14)20-4-2)21-11-10-19-9-5-8-18-19/h5-9,12,17H,3-4,10-11,13H2,1-2H3. The highest BCUT2D eigenvalue weighted by molar-refractivity contribution is 5.43. The molecule has 0 saturated carbocycles. The van der Waals surface area contributed by atoms with Crippen LogP contribution in [0.5, 0.6) is 11.5 Å². The fourth-order valence-electron chi connectivity index (χ4n) is 2.00. The van der Waals surface area contributed by atoms with Gasteiger partial charge in [0.15, 0.2) is 11.5 Å². The molecule has 0 aliphatic heterocycles. The average Bonchev–Trinajstić information content (AvgIpc) is 3.00. The molecule has 1 aromatic heterocycles. The summed E-state index contributed by atoms with van der Waals surface area (Å²) in [6.07, 6.45) is 3.69. The molecular weight excluding hydrogens is 266 g/mol. The second kappa shape index (κ2) is 8.32. The normalized spacial score (nSPS) is 10.6. The van der Waals surface area contributed by atoms with Crippen LogP contribution in [0.2, 0.25) is 0 Å². The maximum Gasteiger partial charge on any atom is 0.161 e. The first kappa shape index (κ1) is 15.4. The van der Waals surface area contributed by atoms with E-state index in [1.165, 1.54) is 5.56 Å². The Morgan fingerprint density at radius 2 is 2.10 bits per heavy atom. The number of aromatic nitrogens is 2. The van der Waals surface area contributed by atoms with Gasteiger partial charge in [0, 0.05) is 18.9 Å². The van der Waals surface area contributed by atoms with E-state index in [-0.39, 0.29) is 0 Å². The van der Waals surface area contributed by atoms with Gasteiger partial charge in [0.2, 0.25) is 0 Å². The van der Waals surface area contributed by atoms with E-state index in [2.05, 4.69) is 23.4 Å². The van der Waals surface area contributed by atoms with Crippen LogP contribution in [0.4, 0.5) is 0 Å². The van der Waals surface area contributed by atoms with Crippen LogP contribution in [0.15, 0.2) is 36.7 Å². The van der Waals surface area contributed by atoms with Crippen LogP contribution in [0.3, 0.4) is 0 Å². The van der Waals surface area contributed by atoms with Gasteiger partial charge in [-0.2, -0.15) is 5.10 Å². The highest BCUT2D eigenvalue weighted by atomic mass is 16.5. The monoisotopic (exact) mass is 289 g/mol. The predicted molar refractivity (Wildman–Crippen MR) is 82.7 cm³/mol. The maximum absolute atomic E-state index is 5.82. The van der Waals surface area contributed by atoms with Crippen LogP contribution in [0.1, 0.15) is 19.4 Å². The summed E-state index contributed by atoms with van der Waals surface area (Å²) in [5, 5.41) is 7.46. The van der Waals surface area contributed by atoms with E-state index in [1.54, 1.807) is 6.20 Å². The first-order valence-corrected chi connectivity index (χ1v) is 7.40. The zero-order chi connectivity index (χ0) is 14.9. The minimum atomic E-state index is 0.564. The third-order valence-electron chi connectivity index (χ3n) is 3.02. The molecule has 114 valence electrons. The summed E-state index contributed by atoms with van der Waals surface area (Å²) in [6.45, 7) is 7.77. The molecule has 21 heavy (non-hydrogen) atoms. The fraction of sp³-hybridized carbons (Fsp3) is 0.438. The number of nitrogens with one attached hydrogen (secondary N) is 1. The Hall–Kier alpha value is -2.01. The molecular formula is C16H23N3O2. The molecule has 0 unspecified atom stereocenters. The molecule has 2 aromatic rings. The quantitative estimate of drug-likeness (QED) is 0.770. The number of nitrogens with zero attached hydrogens (tertiary/aromatic N) is 2. The van der Waals surface area contributed by atoms with Crippen molar-refractivity contribution in [3.05, 3.63) is 42.2 Å². The van der Waals surface area contributed by atoms with Crippen molar-refractivity contribution in [1.82, 2.24) is 15.1 Å². The zero-order valence-corrected chi connectivity index (χ0v) is 12.7. The van der Waals surface area contributed by atoms with Gasteiger partial charge in [0.1, 0.15) is 6.61 Å². The lowest BCUT2D eigenvalue weighted by Gasteiger charge is -2.13. The summed E-state index contributed by atoms with van der Waals surface area (Å²) in [5.41, 5.74) is 1.19. The van der Waals surface area contributed by atoms with Crippen LogP contribution < -0.4 is 14.8 Å². The molecule has 0 amide bonds. The number of hydrogen-bond acceptors (Lipinski definition) is 4. The first-order chi connectivity index (χ1) is 10.3. The SMILES string of the molecule is CCNCc1ccc(OCCn2cccn2)c(OCC)c1. The Balaban J connectivity index is 1.96. The van der Waals surface area contributed by atoms with E-state index in [9.17, 15) is 0 Å². The second-order valence-corrected chi connectivity index (χ2v) is 4.61. The third kappa shape index (κ3) is 4.79. The van der Waals surface area contributed by atoms with Gasteiger partial charge in [0.05, 0.1) is 13.2 Å². The predicted octanol–water partition coefficient (Wildman–Crippen LogP) is 2.47. The van der Waals surface area contributed by atoms with Crippen molar-refractivity contribution in [1.29, 1.82) is 0 Å². The number of rotatable bonds is 9. The molecule has 1 aromatic carbocycles. The molecule has 0 saturated heterocycles. The number of ether oxygens (including phenoxy) is 2. The molecule has 0 atom stereocenters. The first-order valence-electron chi connectivity index (χ1n) is 7.40. The van der Waals surface area contributed by atoms with Crippen molar-refractivity contribution in [2.45, 2.75) is 26.9 Å². The minimum absolute atomic E-state index is 0.564. The molecule has 0 aliphatic carbocycles. The lowest BCUT2D eigenvalue weighted by molar-refractivity contribution is 0.262. The Kier molecular flexibility index (Phi) is 6.09. The van der Waals surface area contributed by atoms with Crippen molar-refractivity contribution < 1.29 is 9.47 Å². The molecule has 1 heterocycles. The molecule has 0 bridgehead atoms. The average molecular weight is 289 g/mol. The lowest BCUT2D eigenvalue weighted by atomic mass is 10.2. The van der Waals surface area contributed by atoms with E-state index in [0.717, 1.165) is 31.1 Å². The maximum atomic E-state index is 5.82. The third-order valence-corrected chi connectivity index (χ3v) is 3.02. The second-order valence-electron chi connectivity index (χ2n) is 4.61. The van der Waals surface area contributed by atoms with Crippen molar-refractivity contribution >= 4 is 0 Å². The number of hydrogen-bond donors (Lipinski definition) is 1. The Labute approximate surface area is 125 Å². The fourth-order valence-corrected chi connectivity index (χ4v) is 2.00. The highest BCUT2D eigenvalue weighted by Crippen LogP contribution is 2.28. The molecule has 1 N–H and O–H groups in total. The topological polar surface area (TPSA) is 48.3 Å². The van der Waals surface area contributed by atoms with Crippen molar-refractivity contribution in [3.63, 3.8) is 0 Å². The Bertz CT molecular complexity index is 526. The summed E-state index contributed by atoms with van der Waals surface area (Å²) in [7, 11) is 0. The molecule has 2 rings (SSSR count). The lowest BCUT2D eigenvalue weighted by Crippen LogP contribution is -2.12. The summed E-state index contributed by atoms with van der Waals surface area (Å²) in [6, 6.07) is 7.98. The van der Waals surface area contributed by atoms with Crippen molar-refractivity contribution in [3.8, 4) is 11.5 Å². The summed E-state index contributed by atoms with van der Waals surface area (Å²) in [4.78, 5) is 0. The molecule has 0 spiro atoms. The van der Waals surface area contributed by atoms with Crippen LogP contribution >= 0.6 is 0 Å². The van der Waals surface area contributed by atoms with Gasteiger partial charge in [-0.15, -0.1) is 0 Å². The number of benzene rings is 1. The minimum Gasteiger partial charge on any atom is -0.490 e. The highest BCUT2D eigenvalue weighted by Gasteiger charge is 2.06. The smallest absolute Gasteiger partial charge is 0.161 e. The molecule has 0 aliphatic rings. The van der Waals surface area contributed by atoms with Gasteiger partial charge in [-0.3, -0.25) is 4.68 Å². The van der Waals surface area contributed by atoms with Crippen LogP contribution in [-0.2, 0) is 13.1 Å². The van der Waals surface area contributed by atoms with E-state index < -0.39 is 0 Å². The summed E-state index contributed by atoms with van der Waals surface area (Å²) < 4.78 is 13.3. The van der Waals surface area contributed by atoms with Gasteiger partial charge in [-0.25, -0.2) is 0 Å². The van der Waals surface area contributed by atoms with Gasteiger partial charge in [0.25, 0.3) is 0 Å².